The molecule has 5 nitrogen and oxygen atoms in total. The van der Waals surface area contributed by atoms with Crippen LogP contribution in [0.15, 0.2) is 29.4 Å². The van der Waals surface area contributed by atoms with Gasteiger partial charge in [0.25, 0.3) is 0 Å². The van der Waals surface area contributed by atoms with Crippen molar-refractivity contribution < 1.29 is 13.2 Å². The summed E-state index contributed by atoms with van der Waals surface area (Å²) in [6.07, 6.45) is 3.45. The molecule has 23 heavy (non-hydrogen) atoms. The van der Waals surface area contributed by atoms with Crippen LogP contribution in [0.25, 0.3) is 0 Å². The SMILES string of the molecule is O=C1CC2CCc3ccccc3C2=NN1C1CCS(=O)(=O)CC1. The van der Waals surface area contributed by atoms with Crippen LogP contribution in [0, 0.1) is 5.92 Å². The fourth-order valence-corrected chi connectivity index (χ4v) is 5.36. The highest BCUT2D eigenvalue weighted by atomic mass is 32.2. The van der Waals surface area contributed by atoms with Crippen LogP contribution in [-0.2, 0) is 21.1 Å². The highest BCUT2D eigenvalue weighted by Gasteiger charge is 2.38. The van der Waals surface area contributed by atoms with E-state index in [9.17, 15) is 13.2 Å². The Kier molecular flexibility index (Phi) is 3.52. The molecule has 1 aromatic rings. The molecule has 0 aromatic heterocycles. The standard InChI is InChI=1S/C17H20N2O3S/c20-16-11-13-6-5-12-3-1-2-4-15(12)17(13)18-19(16)14-7-9-23(21,22)10-8-14/h1-4,13-14H,5-11H2. The number of carbonyl (C=O) groups is 1. The number of benzene rings is 1. The van der Waals surface area contributed by atoms with Crippen LogP contribution in [-0.4, -0.2) is 42.6 Å². The summed E-state index contributed by atoms with van der Waals surface area (Å²) in [7, 11) is -2.93. The molecule has 1 unspecified atom stereocenters. The van der Waals surface area contributed by atoms with Gasteiger partial charge in [0.05, 0.1) is 23.3 Å². The maximum atomic E-state index is 12.5. The van der Waals surface area contributed by atoms with Gasteiger partial charge in [-0.25, -0.2) is 13.4 Å². The monoisotopic (exact) mass is 332 g/mol. The second-order valence-corrected chi connectivity index (χ2v) is 9.01. The van der Waals surface area contributed by atoms with E-state index in [1.165, 1.54) is 5.56 Å². The summed E-state index contributed by atoms with van der Waals surface area (Å²) in [4.78, 5) is 12.5. The van der Waals surface area contributed by atoms with Crippen molar-refractivity contribution in [2.45, 2.75) is 38.1 Å². The molecule has 0 spiro atoms. The van der Waals surface area contributed by atoms with Crippen molar-refractivity contribution in [2.24, 2.45) is 11.0 Å². The molecule has 0 radical (unpaired) electrons. The van der Waals surface area contributed by atoms with Gasteiger partial charge < -0.3 is 0 Å². The molecule has 0 saturated carbocycles. The Morgan fingerprint density at radius 1 is 1.09 bits per heavy atom. The molecule has 4 rings (SSSR count). The van der Waals surface area contributed by atoms with Gasteiger partial charge in [0.2, 0.25) is 5.91 Å². The number of rotatable bonds is 1. The van der Waals surface area contributed by atoms with E-state index in [2.05, 4.69) is 12.1 Å². The van der Waals surface area contributed by atoms with E-state index in [0.717, 1.165) is 24.1 Å². The van der Waals surface area contributed by atoms with E-state index >= 15 is 0 Å². The zero-order valence-electron chi connectivity index (χ0n) is 12.9. The molecule has 1 saturated heterocycles. The Balaban J connectivity index is 1.66. The summed E-state index contributed by atoms with van der Waals surface area (Å²) in [5, 5.41) is 6.29. The molecule has 1 aliphatic carbocycles. The molecule has 6 heteroatoms. The van der Waals surface area contributed by atoms with Crippen LogP contribution in [0.2, 0.25) is 0 Å². The van der Waals surface area contributed by atoms with Crippen molar-refractivity contribution in [1.29, 1.82) is 0 Å². The zero-order chi connectivity index (χ0) is 16.0. The topological polar surface area (TPSA) is 66.8 Å². The van der Waals surface area contributed by atoms with Crippen LogP contribution in [0.5, 0.6) is 0 Å². The predicted molar refractivity (Wildman–Crippen MR) is 87.9 cm³/mol. The third kappa shape index (κ3) is 2.69. The molecular weight excluding hydrogens is 312 g/mol. The Morgan fingerprint density at radius 2 is 1.83 bits per heavy atom. The Hall–Kier alpha value is -1.69. The van der Waals surface area contributed by atoms with Crippen LogP contribution in [0.4, 0.5) is 0 Å². The first-order valence-electron chi connectivity index (χ1n) is 8.23. The van der Waals surface area contributed by atoms with Crippen molar-refractivity contribution >= 4 is 21.5 Å². The molecule has 122 valence electrons. The summed E-state index contributed by atoms with van der Waals surface area (Å²) >= 11 is 0. The number of fused-ring (bicyclic) bond motifs is 3. The van der Waals surface area contributed by atoms with Gasteiger partial charge in [0.1, 0.15) is 9.84 Å². The van der Waals surface area contributed by atoms with Gasteiger partial charge in [-0.05, 0) is 31.2 Å². The summed E-state index contributed by atoms with van der Waals surface area (Å²) in [5.74, 6) is 0.571. The second-order valence-electron chi connectivity index (χ2n) is 6.70. The van der Waals surface area contributed by atoms with E-state index < -0.39 is 9.84 Å². The highest BCUT2D eigenvalue weighted by Crippen LogP contribution is 2.33. The Bertz CT molecular complexity index is 771. The van der Waals surface area contributed by atoms with E-state index in [1.54, 1.807) is 5.01 Å². The quantitative estimate of drug-likeness (QED) is 0.787. The number of amides is 1. The largest absolute Gasteiger partial charge is 0.273 e. The number of hydrazone groups is 1. The zero-order valence-corrected chi connectivity index (χ0v) is 13.8. The highest BCUT2D eigenvalue weighted by molar-refractivity contribution is 7.91. The van der Waals surface area contributed by atoms with Gasteiger partial charge in [-0.1, -0.05) is 24.3 Å². The number of hydrogen-bond donors (Lipinski definition) is 0. The lowest BCUT2D eigenvalue weighted by Crippen LogP contribution is -2.47. The lowest BCUT2D eigenvalue weighted by atomic mass is 9.79. The molecule has 3 aliphatic rings. The number of hydrogen-bond acceptors (Lipinski definition) is 4. The number of sulfone groups is 1. The number of carbonyl (C=O) groups excluding carboxylic acids is 1. The van der Waals surface area contributed by atoms with Gasteiger partial charge in [0.15, 0.2) is 0 Å². The molecule has 1 amide bonds. The Labute approximate surface area is 136 Å². The molecule has 2 aliphatic heterocycles. The minimum Gasteiger partial charge on any atom is -0.273 e. The van der Waals surface area contributed by atoms with Crippen molar-refractivity contribution in [2.75, 3.05) is 11.5 Å². The predicted octanol–water partition coefficient (Wildman–Crippen LogP) is 1.76. The molecular formula is C17H20N2O3S. The van der Waals surface area contributed by atoms with Gasteiger partial charge in [-0.2, -0.15) is 5.10 Å². The fraction of sp³-hybridized carbons (Fsp3) is 0.529. The lowest BCUT2D eigenvalue weighted by molar-refractivity contribution is -0.135. The fourth-order valence-electron chi connectivity index (χ4n) is 3.89. The van der Waals surface area contributed by atoms with Crippen molar-refractivity contribution in [1.82, 2.24) is 5.01 Å². The molecule has 0 N–H and O–H groups in total. The van der Waals surface area contributed by atoms with Crippen molar-refractivity contribution in [3.05, 3.63) is 35.4 Å². The average molecular weight is 332 g/mol. The Morgan fingerprint density at radius 3 is 2.61 bits per heavy atom. The second kappa shape index (κ2) is 5.44. The smallest absolute Gasteiger partial charge is 0.243 e. The minimum atomic E-state index is -2.93. The van der Waals surface area contributed by atoms with Gasteiger partial charge >= 0.3 is 0 Å². The van der Waals surface area contributed by atoms with E-state index in [0.29, 0.717) is 19.3 Å². The van der Waals surface area contributed by atoms with Crippen molar-refractivity contribution in [3.63, 3.8) is 0 Å². The number of aryl methyl sites for hydroxylation is 1. The summed E-state index contributed by atoms with van der Waals surface area (Å²) in [5.41, 5.74) is 3.47. The first-order valence-corrected chi connectivity index (χ1v) is 10.0. The van der Waals surface area contributed by atoms with E-state index in [4.69, 9.17) is 5.10 Å². The summed E-state index contributed by atoms with van der Waals surface area (Å²) in [6.45, 7) is 0. The molecule has 0 bridgehead atoms. The summed E-state index contributed by atoms with van der Waals surface area (Å²) in [6, 6.07) is 8.19. The van der Waals surface area contributed by atoms with Gasteiger partial charge in [0, 0.05) is 17.9 Å². The van der Waals surface area contributed by atoms with Crippen LogP contribution < -0.4 is 0 Å². The maximum Gasteiger partial charge on any atom is 0.243 e. The first kappa shape index (κ1) is 14.9. The normalized spacial score (nSPS) is 27.1. The maximum absolute atomic E-state index is 12.5. The minimum absolute atomic E-state index is 0.0439. The molecule has 1 atom stereocenters. The van der Waals surface area contributed by atoms with Crippen molar-refractivity contribution in [3.8, 4) is 0 Å². The third-order valence-corrected chi connectivity index (χ3v) is 6.92. The molecule has 1 aromatic carbocycles. The molecule has 2 heterocycles. The third-order valence-electron chi connectivity index (χ3n) is 5.20. The van der Waals surface area contributed by atoms with Crippen LogP contribution in [0.1, 0.15) is 36.8 Å². The molecule has 1 fully saturated rings. The first-order chi connectivity index (χ1) is 11.0. The van der Waals surface area contributed by atoms with Gasteiger partial charge in [-0.15, -0.1) is 0 Å². The van der Waals surface area contributed by atoms with Gasteiger partial charge in [-0.3, -0.25) is 4.79 Å². The van der Waals surface area contributed by atoms with Crippen LogP contribution in [0.3, 0.4) is 0 Å². The van der Waals surface area contributed by atoms with Crippen LogP contribution >= 0.6 is 0 Å². The van der Waals surface area contributed by atoms with E-state index in [1.807, 2.05) is 12.1 Å². The lowest BCUT2D eigenvalue weighted by Gasteiger charge is -2.38. The van der Waals surface area contributed by atoms with E-state index in [-0.39, 0.29) is 29.4 Å². The average Bonchev–Trinajstić information content (AvgIpc) is 2.54. The summed E-state index contributed by atoms with van der Waals surface area (Å²) < 4.78 is 23.2. The number of nitrogens with zero attached hydrogens (tertiary/aromatic N) is 2.